The topological polar surface area (TPSA) is 51.1 Å². The van der Waals surface area contributed by atoms with E-state index in [0.29, 0.717) is 22.8 Å². The molecule has 0 saturated carbocycles. The Labute approximate surface area is 150 Å². The Hall–Kier alpha value is -2.85. The van der Waals surface area contributed by atoms with Crippen molar-refractivity contribution in [3.8, 4) is 0 Å². The van der Waals surface area contributed by atoms with E-state index in [-0.39, 0.29) is 11.5 Å². The Kier molecular flexibility index (Phi) is 5.00. The molecule has 5 heteroatoms. The molecule has 1 aromatic heterocycles. The second-order valence-electron chi connectivity index (χ2n) is 5.77. The first-order valence-electron chi connectivity index (χ1n) is 7.85. The lowest BCUT2D eigenvalue weighted by atomic mass is 10.1. The predicted octanol–water partition coefficient (Wildman–Crippen LogP) is 4.11. The number of rotatable bonds is 4. The van der Waals surface area contributed by atoms with Gasteiger partial charge < -0.3 is 9.88 Å². The Morgan fingerprint density at radius 2 is 1.76 bits per heavy atom. The van der Waals surface area contributed by atoms with Crippen LogP contribution in [0, 0.1) is 6.92 Å². The van der Waals surface area contributed by atoms with E-state index in [1.54, 1.807) is 35.0 Å². The fraction of sp³-hybridized carbons (Fsp3) is 0.100. The van der Waals surface area contributed by atoms with Crippen molar-refractivity contribution in [3.05, 3.63) is 98.9 Å². The molecule has 0 atom stereocenters. The van der Waals surface area contributed by atoms with Gasteiger partial charge in [-0.25, -0.2) is 0 Å². The average Bonchev–Trinajstić information content (AvgIpc) is 2.60. The molecule has 0 fully saturated rings. The molecule has 25 heavy (non-hydrogen) atoms. The van der Waals surface area contributed by atoms with Crippen LogP contribution in [0.4, 0.5) is 5.69 Å². The molecule has 2 aromatic carbocycles. The van der Waals surface area contributed by atoms with Gasteiger partial charge in [-0.05, 0) is 48.4 Å². The number of aryl methyl sites for hydroxylation is 1. The van der Waals surface area contributed by atoms with Crippen LogP contribution >= 0.6 is 11.6 Å². The van der Waals surface area contributed by atoms with Gasteiger partial charge in [-0.2, -0.15) is 0 Å². The first-order valence-corrected chi connectivity index (χ1v) is 8.22. The number of carbonyl (C=O) groups excluding carboxylic acids is 1. The number of benzene rings is 2. The molecule has 1 N–H and O–H groups in total. The SMILES string of the molecule is Cc1ccccc1Cn1cc(C(=O)Nc2ccc(Cl)cc2)ccc1=O. The monoisotopic (exact) mass is 352 g/mol. The summed E-state index contributed by atoms with van der Waals surface area (Å²) >= 11 is 5.84. The van der Waals surface area contributed by atoms with Gasteiger partial charge in [0, 0.05) is 23.0 Å². The lowest BCUT2D eigenvalue weighted by Gasteiger charge is -2.11. The van der Waals surface area contributed by atoms with Gasteiger partial charge in [0.1, 0.15) is 0 Å². The van der Waals surface area contributed by atoms with Crippen LogP contribution in [0.3, 0.4) is 0 Å². The number of nitrogens with zero attached hydrogens (tertiary/aromatic N) is 1. The van der Waals surface area contributed by atoms with E-state index in [1.165, 1.54) is 12.1 Å². The summed E-state index contributed by atoms with van der Waals surface area (Å²) in [7, 11) is 0. The van der Waals surface area contributed by atoms with E-state index in [4.69, 9.17) is 11.6 Å². The average molecular weight is 353 g/mol. The third-order valence-electron chi connectivity index (χ3n) is 3.95. The van der Waals surface area contributed by atoms with Crippen molar-refractivity contribution in [3.63, 3.8) is 0 Å². The summed E-state index contributed by atoms with van der Waals surface area (Å²) in [5.41, 5.74) is 3.06. The zero-order valence-electron chi connectivity index (χ0n) is 13.7. The molecule has 126 valence electrons. The quantitative estimate of drug-likeness (QED) is 0.768. The van der Waals surface area contributed by atoms with Gasteiger partial charge in [-0.3, -0.25) is 9.59 Å². The number of nitrogens with one attached hydrogen (secondary N) is 1. The highest BCUT2D eigenvalue weighted by atomic mass is 35.5. The van der Waals surface area contributed by atoms with Crippen LogP contribution in [-0.4, -0.2) is 10.5 Å². The second kappa shape index (κ2) is 7.36. The summed E-state index contributed by atoms with van der Waals surface area (Å²) < 4.78 is 1.54. The molecule has 4 nitrogen and oxygen atoms in total. The van der Waals surface area contributed by atoms with Gasteiger partial charge in [0.2, 0.25) is 0 Å². The number of amides is 1. The number of hydrogen-bond acceptors (Lipinski definition) is 2. The van der Waals surface area contributed by atoms with Gasteiger partial charge in [-0.1, -0.05) is 35.9 Å². The van der Waals surface area contributed by atoms with Crippen LogP contribution < -0.4 is 10.9 Å². The molecule has 0 aliphatic rings. The highest BCUT2D eigenvalue weighted by Gasteiger charge is 2.09. The van der Waals surface area contributed by atoms with E-state index >= 15 is 0 Å². The maximum Gasteiger partial charge on any atom is 0.257 e. The molecule has 0 aliphatic heterocycles. The minimum Gasteiger partial charge on any atom is -0.322 e. The summed E-state index contributed by atoms with van der Waals surface area (Å²) in [6.07, 6.45) is 1.58. The van der Waals surface area contributed by atoms with Crippen molar-refractivity contribution >= 4 is 23.2 Å². The fourth-order valence-electron chi connectivity index (χ4n) is 2.50. The molecule has 0 spiro atoms. The zero-order chi connectivity index (χ0) is 17.8. The molecule has 1 amide bonds. The van der Waals surface area contributed by atoms with Crippen molar-refractivity contribution in [1.29, 1.82) is 0 Å². The molecule has 0 aliphatic carbocycles. The van der Waals surface area contributed by atoms with Crippen molar-refractivity contribution in [2.75, 3.05) is 5.32 Å². The smallest absolute Gasteiger partial charge is 0.257 e. The van der Waals surface area contributed by atoms with Gasteiger partial charge in [-0.15, -0.1) is 0 Å². The Bertz CT molecular complexity index is 962. The molecule has 0 saturated heterocycles. The van der Waals surface area contributed by atoms with E-state index < -0.39 is 0 Å². The van der Waals surface area contributed by atoms with Gasteiger partial charge >= 0.3 is 0 Å². The summed E-state index contributed by atoms with van der Waals surface area (Å²) in [6.45, 7) is 2.42. The first-order chi connectivity index (χ1) is 12.0. The standard InChI is InChI=1S/C20H17ClN2O2/c1-14-4-2-3-5-15(14)12-23-13-16(6-11-19(23)24)20(25)22-18-9-7-17(21)8-10-18/h2-11,13H,12H2,1H3,(H,22,25). The number of anilines is 1. The molecule has 3 rings (SSSR count). The van der Waals surface area contributed by atoms with Crippen LogP contribution in [0.2, 0.25) is 5.02 Å². The highest BCUT2D eigenvalue weighted by molar-refractivity contribution is 6.30. The Balaban J connectivity index is 1.83. The Morgan fingerprint density at radius 3 is 2.48 bits per heavy atom. The minimum absolute atomic E-state index is 0.147. The lowest BCUT2D eigenvalue weighted by molar-refractivity contribution is 0.102. The second-order valence-corrected chi connectivity index (χ2v) is 6.21. The number of pyridine rings is 1. The summed E-state index contributed by atoms with van der Waals surface area (Å²) in [5.74, 6) is -0.277. The minimum atomic E-state index is -0.277. The van der Waals surface area contributed by atoms with Crippen LogP contribution in [0.15, 0.2) is 71.7 Å². The predicted molar refractivity (Wildman–Crippen MR) is 100 cm³/mol. The normalized spacial score (nSPS) is 10.5. The summed E-state index contributed by atoms with van der Waals surface area (Å²) in [5, 5.41) is 3.40. The zero-order valence-corrected chi connectivity index (χ0v) is 14.5. The highest BCUT2D eigenvalue weighted by Crippen LogP contribution is 2.14. The molecule has 1 heterocycles. The van der Waals surface area contributed by atoms with E-state index in [9.17, 15) is 9.59 Å². The molecule has 3 aromatic rings. The van der Waals surface area contributed by atoms with E-state index in [0.717, 1.165) is 11.1 Å². The van der Waals surface area contributed by atoms with Gasteiger partial charge in [0.25, 0.3) is 11.5 Å². The summed E-state index contributed by atoms with van der Waals surface area (Å²) in [4.78, 5) is 24.5. The molecule has 0 bridgehead atoms. The fourth-order valence-corrected chi connectivity index (χ4v) is 2.62. The van der Waals surface area contributed by atoms with Crippen molar-refractivity contribution < 1.29 is 4.79 Å². The number of aromatic nitrogens is 1. The maximum atomic E-state index is 12.4. The Morgan fingerprint density at radius 1 is 1.04 bits per heavy atom. The van der Waals surface area contributed by atoms with E-state index in [2.05, 4.69) is 5.32 Å². The number of halogens is 1. The van der Waals surface area contributed by atoms with Crippen molar-refractivity contribution in [1.82, 2.24) is 4.57 Å². The van der Waals surface area contributed by atoms with Gasteiger partial charge in [0.05, 0.1) is 12.1 Å². The lowest BCUT2D eigenvalue weighted by Crippen LogP contribution is -2.22. The van der Waals surface area contributed by atoms with Gasteiger partial charge in [0.15, 0.2) is 0 Å². The first kappa shape index (κ1) is 17.0. The number of carbonyl (C=O) groups is 1. The van der Waals surface area contributed by atoms with Crippen molar-refractivity contribution in [2.45, 2.75) is 13.5 Å². The maximum absolute atomic E-state index is 12.4. The van der Waals surface area contributed by atoms with Crippen LogP contribution in [0.5, 0.6) is 0 Å². The van der Waals surface area contributed by atoms with Crippen LogP contribution in [0.25, 0.3) is 0 Å². The molecular formula is C20H17ClN2O2. The van der Waals surface area contributed by atoms with Crippen LogP contribution in [-0.2, 0) is 6.54 Å². The van der Waals surface area contributed by atoms with Crippen molar-refractivity contribution in [2.24, 2.45) is 0 Å². The van der Waals surface area contributed by atoms with Crippen LogP contribution in [0.1, 0.15) is 21.5 Å². The molecule has 0 unspecified atom stereocenters. The largest absolute Gasteiger partial charge is 0.322 e. The van der Waals surface area contributed by atoms with E-state index in [1.807, 2.05) is 31.2 Å². The number of hydrogen-bond donors (Lipinski definition) is 1. The summed E-state index contributed by atoms with van der Waals surface area (Å²) in [6, 6.07) is 17.7. The molecular weight excluding hydrogens is 336 g/mol. The third-order valence-corrected chi connectivity index (χ3v) is 4.20. The third kappa shape index (κ3) is 4.17. The molecule has 0 radical (unpaired) electrons.